The van der Waals surface area contributed by atoms with Crippen LogP contribution in [0.2, 0.25) is 0 Å². The minimum Gasteiger partial charge on any atom is -0.383 e. The van der Waals surface area contributed by atoms with E-state index in [1.165, 1.54) is 6.42 Å². The normalized spacial score (nSPS) is 20.3. The topological polar surface area (TPSA) is 72.9 Å². The van der Waals surface area contributed by atoms with Crippen molar-refractivity contribution in [2.24, 2.45) is 18.9 Å². The molecule has 1 unspecified atom stereocenters. The zero-order chi connectivity index (χ0) is 14.3. The van der Waals surface area contributed by atoms with Crippen molar-refractivity contribution in [1.29, 1.82) is 0 Å². The number of hydrogen-bond acceptors (Lipinski definition) is 5. The first-order chi connectivity index (χ1) is 9.54. The van der Waals surface area contributed by atoms with E-state index in [4.69, 9.17) is 5.73 Å². The van der Waals surface area contributed by atoms with Gasteiger partial charge in [0.2, 0.25) is 0 Å². The summed E-state index contributed by atoms with van der Waals surface area (Å²) in [6.45, 7) is 7.61. The molecular weight excluding hydrogens is 252 g/mol. The molecule has 0 aromatic carbocycles. The Morgan fingerprint density at radius 1 is 1.40 bits per heavy atom. The number of nitrogens with zero attached hydrogens (tertiary/aromatic N) is 5. The van der Waals surface area contributed by atoms with E-state index < -0.39 is 0 Å². The van der Waals surface area contributed by atoms with E-state index in [0.717, 1.165) is 48.3 Å². The van der Waals surface area contributed by atoms with Crippen LogP contribution in [0.25, 0.3) is 11.0 Å². The number of fused-ring (bicyclic) bond motifs is 1. The lowest BCUT2D eigenvalue weighted by Crippen LogP contribution is -2.23. The second-order valence-electron chi connectivity index (χ2n) is 6.06. The SMILES string of the molecule is CC(C)C1CCN(Cc2nc(N)c3cnn(C)c3n2)C1. The van der Waals surface area contributed by atoms with Gasteiger partial charge in [0.25, 0.3) is 0 Å². The minimum absolute atomic E-state index is 0.526. The van der Waals surface area contributed by atoms with Crippen LogP contribution in [0.3, 0.4) is 0 Å². The summed E-state index contributed by atoms with van der Waals surface area (Å²) in [6, 6.07) is 0. The first-order valence-corrected chi connectivity index (χ1v) is 7.21. The number of likely N-dealkylation sites (tertiary alicyclic amines) is 1. The van der Waals surface area contributed by atoms with Crippen LogP contribution < -0.4 is 5.73 Å². The molecule has 1 aliphatic heterocycles. The number of rotatable bonds is 3. The molecule has 0 amide bonds. The Hall–Kier alpha value is -1.69. The fraction of sp³-hybridized carbons (Fsp3) is 0.643. The summed E-state index contributed by atoms with van der Waals surface area (Å²) in [6.07, 6.45) is 2.99. The van der Waals surface area contributed by atoms with Crippen molar-refractivity contribution in [1.82, 2.24) is 24.6 Å². The Bertz CT molecular complexity index is 617. The summed E-state index contributed by atoms with van der Waals surface area (Å²) in [4.78, 5) is 11.4. The standard InChI is InChI=1S/C14H22N6/c1-9(2)10-4-5-20(7-10)8-12-17-13(15)11-6-16-19(3)14(11)18-12/h6,9-10H,4-5,7-8H2,1-3H3,(H2,15,17,18). The van der Waals surface area contributed by atoms with Crippen molar-refractivity contribution >= 4 is 16.9 Å². The molecule has 6 heteroatoms. The van der Waals surface area contributed by atoms with Crippen molar-refractivity contribution in [3.63, 3.8) is 0 Å². The van der Waals surface area contributed by atoms with E-state index in [9.17, 15) is 0 Å². The molecule has 2 aromatic rings. The molecule has 20 heavy (non-hydrogen) atoms. The Morgan fingerprint density at radius 3 is 2.90 bits per heavy atom. The van der Waals surface area contributed by atoms with E-state index in [1.807, 2.05) is 7.05 Å². The summed E-state index contributed by atoms with van der Waals surface area (Å²) < 4.78 is 1.75. The number of hydrogen-bond donors (Lipinski definition) is 1. The van der Waals surface area contributed by atoms with Gasteiger partial charge in [-0.3, -0.25) is 9.58 Å². The van der Waals surface area contributed by atoms with Gasteiger partial charge in [0.15, 0.2) is 5.65 Å². The van der Waals surface area contributed by atoms with Crippen LogP contribution in [0.5, 0.6) is 0 Å². The van der Waals surface area contributed by atoms with Crippen molar-refractivity contribution in [3.8, 4) is 0 Å². The van der Waals surface area contributed by atoms with Crippen LogP contribution >= 0.6 is 0 Å². The molecule has 0 spiro atoms. The third-order valence-electron chi connectivity index (χ3n) is 4.28. The molecule has 1 atom stereocenters. The maximum atomic E-state index is 6.00. The summed E-state index contributed by atoms with van der Waals surface area (Å²) in [7, 11) is 1.88. The van der Waals surface area contributed by atoms with E-state index in [-0.39, 0.29) is 0 Å². The minimum atomic E-state index is 0.526. The van der Waals surface area contributed by atoms with Gasteiger partial charge < -0.3 is 5.73 Å². The molecule has 108 valence electrons. The summed E-state index contributed by atoms with van der Waals surface area (Å²) in [5.41, 5.74) is 6.81. The van der Waals surface area contributed by atoms with Crippen LogP contribution in [0, 0.1) is 11.8 Å². The second-order valence-corrected chi connectivity index (χ2v) is 6.06. The predicted octanol–water partition coefficient (Wildman–Crippen LogP) is 1.42. The molecular formula is C14H22N6. The van der Waals surface area contributed by atoms with Crippen LogP contribution in [-0.2, 0) is 13.6 Å². The lowest BCUT2D eigenvalue weighted by atomic mass is 9.95. The predicted molar refractivity (Wildman–Crippen MR) is 78.9 cm³/mol. The van der Waals surface area contributed by atoms with E-state index in [2.05, 4.69) is 33.8 Å². The molecule has 3 rings (SSSR count). The van der Waals surface area contributed by atoms with E-state index in [0.29, 0.717) is 5.82 Å². The average Bonchev–Trinajstić information content (AvgIpc) is 2.98. The number of aryl methyl sites for hydroxylation is 1. The summed E-state index contributed by atoms with van der Waals surface area (Å²) >= 11 is 0. The van der Waals surface area contributed by atoms with Crippen molar-refractivity contribution in [2.45, 2.75) is 26.8 Å². The van der Waals surface area contributed by atoms with Crippen LogP contribution in [0.4, 0.5) is 5.82 Å². The van der Waals surface area contributed by atoms with Gasteiger partial charge in [0.1, 0.15) is 11.6 Å². The zero-order valence-electron chi connectivity index (χ0n) is 12.4. The largest absolute Gasteiger partial charge is 0.383 e. The van der Waals surface area contributed by atoms with Crippen LogP contribution in [0.1, 0.15) is 26.1 Å². The van der Waals surface area contributed by atoms with E-state index in [1.54, 1.807) is 10.9 Å². The quantitative estimate of drug-likeness (QED) is 0.916. The number of anilines is 1. The van der Waals surface area contributed by atoms with Gasteiger partial charge in [-0.1, -0.05) is 13.8 Å². The average molecular weight is 274 g/mol. The van der Waals surface area contributed by atoms with Gasteiger partial charge in [-0.25, -0.2) is 9.97 Å². The smallest absolute Gasteiger partial charge is 0.163 e. The Kier molecular flexibility index (Phi) is 3.33. The zero-order valence-corrected chi connectivity index (χ0v) is 12.4. The molecule has 0 bridgehead atoms. The maximum Gasteiger partial charge on any atom is 0.163 e. The van der Waals surface area contributed by atoms with Crippen molar-refractivity contribution in [3.05, 3.63) is 12.0 Å². The van der Waals surface area contributed by atoms with E-state index >= 15 is 0 Å². The van der Waals surface area contributed by atoms with Gasteiger partial charge >= 0.3 is 0 Å². The van der Waals surface area contributed by atoms with Crippen molar-refractivity contribution < 1.29 is 0 Å². The van der Waals surface area contributed by atoms with Gasteiger partial charge in [-0.05, 0) is 24.8 Å². The molecule has 2 aromatic heterocycles. The summed E-state index contributed by atoms with van der Waals surface area (Å²) in [5.74, 6) is 2.85. The third kappa shape index (κ3) is 2.35. The summed E-state index contributed by atoms with van der Waals surface area (Å²) in [5, 5.41) is 5.02. The van der Waals surface area contributed by atoms with Crippen molar-refractivity contribution in [2.75, 3.05) is 18.8 Å². The first kappa shape index (κ1) is 13.3. The first-order valence-electron chi connectivity index (χ1n) is 7.21. The fourth-order valence-electron chi connectivity index (χ4n) is 2.91. The molecule has 1 aliphatic rings. The van der Waals surface area contributed by atoms with Gasteiger partial charge in [-0.2, -0.15) is 5.10 Å². The molecule has 1 saturated heterocycles. The highest BCUT2D eigenvalue weighted by Crippen LogP contribution is 2.25. The second kappa shape index (κ2) is 5.01. The molecule has 0 aliphatic carbocycles. The Morgan fingerprint density at radius 2 is 2.20 bits per heavy atom. The van der Waals surface area contributed by atoms with Gasteiger partial charge in [0.05, 0.1) is 18.1 Å². The molecule has 0 radical (unpaired) electrons. The van der Waals surface area contributed by atoms with Crippen LogP contribution in [0.15, 0.2) is 6.20 Å². The Balaban J connectivity index is 1.80. The molecule has 2 N–H and O–H groups in total. The fourth-order valence-corrected chi connectivity index (χ4v) is 2.91. The number of aromatic nitrogens is 4. The molecule has 6 nitrogen and oxygen atoms in total. The lowest BCUT2D eigenvalue weighted by Gasteiger charge is -2.17. The lowest BCUT2D eigenvalue weighted by molar-refractivity contribution is 0.291. The highest BCUT2D eigenvalue weighted by Gasteiger charge is 2.25. The van der Waals surface area contributed by atoms with Crippen LogP contribution in [-0.4, -0.2) is 37.7 Å². The highest BCUT2D eigenvalue weighted by molar-refractivity contribution is 5.84. The molecule has 0 saturated carbocycles. The molecule has 3 heterocycles. The third-order valence-corrected chi connectivity index (χ3v) is 4.28. The van der Waals surface area contributed by atoms with Gasteiger partial charge in [0, 0.05) is 13.6 Å². The molecule has 1 fully saturated rings. The number of nitrogens with two attached hydrogens (primary N) is 1. The maximum absolute atomic E-state index is 6.00. The monoisotopic (exact) mass is 274 g/mol. The van der Waals surface area contributed by atoms with Gasteiger partial charge in [-0.15, -0.1) is 0 Å². The Labute approximate surface area is 119 Å². The number of nitrogen functional groups attached to an aromatic ring is 1. The highest BCUT2D eigenvalue weighted by atomic mass is 15.3.